The summed E-state index contributed by atoms with van der Waals surface area (Å²) in [5.41, 5.74) is 3.94. The first-order valence-corrected chi connectivity index (χ1v) is 9.55. The predicted octanol–water partition coefficient (Wildman–Crippen LogP) is 4.46. The Bertz CT molecular complexity index is 841. The number of nitrogens with one attached hydrogen (secondary N) is 1. The number of aromatic amines is 1. The van der Waals surface area contributed by atoms with Gasteiger partial charge in [-0.05, 0) is 41.5 Å². The zero-order valence-corrected chi connectivity index (χ0v) is 14.2. The van der Waals surface area contributed by atoms with Gasteiger partial charge in [-0.25, -0.2) is 4.79 Å². The maximum atomic E-state index is 11.2. The Morgan fingerprint density at radius 2 is 2.24 bits per heavy atom. The number of thioether (sulfide) groups is 1. The minimum absolute atomic E-state index is 0.141. The molecule has 0 amide bonds. The Kier molecular flexibility index (Phi) is 3.47. The van der Waals surface area contributed by atoms with Crippen molar-refractivity contribution in [3.05, 3.63) is 55.7 Å². The first kappa shape index (κ1) is 13.7. The molecule has 21 heavy (non-hydrogen) atoms. The molecule has 0 saturated carbocycles. The van der Waals surface area contributed by atoms with Gasteiger partial charge in [0.1, 0.15) is 0 Å². The van der Waals surface area contributed by atoms with Gasteiger partial charge >= 0.3 is 5.76 Å². The molecule has 1 unspecified atom stereocenters. The number of alkyl halides is 1. The third-order valence-electron chi connectivity index (χ3n) is 3.63. The molecule has 0 spiro atoms. The van der Waals surface area contributed by atoms with E-state index in [1.54, 1.807) is 0 Å². The second-order valence-corrected chi connectivity index (χ2v) is 8.22. The van der Waals surface area contributed by atoms with Crippen molar-refractivity contribution in [2.75, 3.05) is 5.75 Å². The Morgan fingerprint density at radius 1 is 1.33 bits per heavy atom. The molecular formula is C15H12BrNO2S2. The van der Waals surface area contributed by atoms with Crippen LogP contribution < -0.4 is 5.76 Å². The number of aromatic nitrogens is 1. The molecule has 1 aromatic carbocycles. The third-order valence-corrected chi connectivity index (χ3v) is 7.27. The van der Waals surface area contributed by atoms with E-state index >= 15 is 0 Å². The first-order valence-electron chi connectivity index (χ1n) is 6.67. The van der Waals surface area contributed by atoms with Crippen molar-refractivity contribution in [1.29, 1.82) is 0 Å². The fourth-order valence-corrected chi connectivity index (χ4v) is 5.66. The van der Waals surface area contributed by atoms with Gasteiger partial charge in [-0.2, -0.15) is 11.8 Å². The largest absolute Gasteiger partial charge is 0.417 e. The van der Waals surface area contributed by atoms with E-state index in [1.807, 2.05) is 41.3 Å². The summed E-state index contributed by atoms with van der Waals surface area (Å²) in [4.78, 5) is 16.9. The smallest absolute Gasteiger partial charge is 0.408 e. The molecule has 2 aromatic heterocycles. The van der Waals surface area contributed by atoms with Crippen molar-refractivity contribution in [1.82, 2.24) is 4.98 Å². The van der Waals surface area contributed by atoms with E-state index in [9.17, 15) is 4.79 Å². The number of halogens is 1. The third kappa shape index (κ3) is 2.49. The monoisotopic (exact) mass is 381 g/mol. The Balaban J connectivity index is 1.73. The maximum absolute atomic E-state index is 11.2. The zero-order valence-electron chi connectivity index (χ0n) is 11.0. The van der Waals surface area contributed by atoms with Gasteiger partial charge in [-0.1, -0.05) is 22.0 Å². The lowest BCUT2D eigenvalue weighted by molar-refractivity contribution is 0.555. The average Bonchev–Trinajstić information content (AvgIpc) is 3.07. The van der Waals surface area contributed by atoms with Crippen molar-refractivity contribution in [3.63, 3.8) is 0 Å². The lowest BCUT2D eigenvalue weighted by Gasteiger charge is -2.08. The molecular weight excluding hydrogens is 370 g/mol. The number of oxazole rings is 1. The van der Waals surface area contributed by atoms with Crippen molar-refractivity contribution in [2.45, 2.75) is 17.0 Å². The van der Waals surface area contributed by atoms with Gasteiger partial charge in [0.05, 0.1) is 10.3 Å². The second kappa shape index (κ2) is 5.34. The molecule has 0 saturated heterocycles. The van der Waals surface area contributed by atoms with Crippen molar-refractivity contribution in [2.24, 2.45) is 0 Å². The molecule has 0 fully saturated rings. The quantitative estimate of drug-likeness (QED) is 0.666. The standard InChI is InChI=1S/C15H12BrNO2S2/c16-14(13-6-9-7-20-4-3-12(9)21-13)8-1-2-10-11(5-8)19-15(18)17-10/h1-2,5-6,14H,3-4,7H2,(H,17,18). The Morgan fingerprint density at radius 3 is 3.10 bits per heavy atom. The summed E-state index contributed by atoms with van der Waals surface area (Å²) in [6.07, 6.45) is 1.18. The number of rotatable bonds is 2. The lowest BCUT2D eigenvalue weighted by Crippen LogP contribution is -1.96. The van der Waals surface area contributed by atoms with E-state index in [2.05, 4.69) is 27.0 Å². The van der Waals surface area contributed by atoms with E-state index in [0.717, 1.165) is 16.8 Å². The minimum atomic E-state index is -0.406. The molecule has 3 nitrogen and oxygen atoms in total. The predicted molar refractivity (Wildman–Crippen MR) is 91.8 cm³/mol. The molecule has 1 aliphatic rings. The van der Waals surface area contributed by atoms with Crippen LogP contribution in [0.5, 0.6) is 0 Å². The van der Waals surface area contributed by atoms with Gasteiger partial charge in [0.2, 0.25) is 0 Å². The lowest BCUT2D eigenvalue weighted by atomic mass is 10.1. The summed E-state index contributed by atoms with van der Waals surface area (Å²) in [7, 11) is 0. The zero-order chi connectivity index (χ0) is 14.4. The molecule has 1 N–H and O–H groups in total. The number of benzene rings is 1. The Hall–Kier alpha value is -0.980. The number of fused-ring (bicyclic) bond motifs is 2. The van der Waals surface area contributed by atoms with E-state index < -0.39 is 5.76 Å². The summed E-state index contributed by atoms with van der Waals surface area (Å²) >= 11 is 7.68. The molecule has 0 radical (unpaired) electrons. The highest BCUT2D eigenvalue weighted by Crippen LogP contribution is 2.40. The molecule has 0 bridgehead atoms. The van der Waals surface area contributed by atoms with Crippen LogP contribution >= 0.6 is 39.0 Å². The highest BCUT2D eigenvalue weighted by molar-refractivity contribution is 9.09. The van der Waals surface area contributed by atoms with Crippen molar-refractivity contribution >= 4 is 50.1 Å². The van der Waals surface area contributed by atoms with Crippen LogP contribution in [0.15, 0.2) is 33.5 Å². The number of hydrogen-bond donors (Lipinski definition) is 1. The van der Waals surface area contributed by atoms with Crippen LogP contribution in [0.2, 0.25) is 0 Å². The summed E-state index contributed by atoms with van der Waals surface area (Å²) in [5.74, 6) is 1.94. The van der Waals surface area contributed by atoms with E-state index in [-0.39, 0.29) is 4.83 Å². The molecule has 108 valence electrons. The molecule has 4 rings (SSSR count). The number of aryl methyl sites for hydroxylation is 1. The summed E-state index contributed by atoms with van der Waals surface area (Å²) in [6.45, 7) is 0. The van der Waals surface area contributed by atoms with Crippen LogP contribution in [-0.4, -0.2) is 10.7 Å². The van der Waals surface area contributed by atoms with E-state index in [1.165, 1.54) is 27.5 Å². The van der Waals surface area contributed by atoms with Crippen molar-refractivity contribution in [3.8, 4) is 0 Å². The summed E-state index contributed by atoms with van der Waals surface area (Å²) in [6, 6.07) is 8.16. The minimum Gasteiger partial charge on any atom is -0.408 e. The fourth-order valence-electron chi connectivity index (χ4n) is 2.58. The van der Waals surface area contributed by atoms with E-state index in [4.69, 9.17) is 4.42 Å². The highest BCUT2D eigenvalue weighted by Gasteiger charge is 2.19. The molecule has 6 heteroatoms. The van der Waals surface area contributed by atoms with Crippen LogP contribution in [0.3, 0.4) is 0 Å². The maximum Gasteiger partial charge on any atom is 0.417 e. The SMILES string of the molecule is O=c1[nH]c2ccc(C(Br)c3cc4c(s3)CCSC4)cc2o1. The topological polar surface area (TPSA) is 46.0 Å². The van der Waals surface area contributed by atoms with Gasteiger partial charge in [0, 0.05) is 15.5 Å². The van der Waals surface area contributed by atoms with Crippen LogP contribution in [-0.2, 0) is 12.2 Å². The van der Waals surface area contributed by atoms with Crippen LogP contribution in [0.1, 0.15) is 25.7 Å². The molecule has 0 aliphatic carbocycles. The Labute approximate surface area is 137 Å². The van der Waals surface area contributed by atoms with Crippen LogP contribution in [0, 0.1) is 0 Å². The van der Waals surface area contributed by atoms with Gasteiger partial charge in [0.25, 0.3) is 0 Å². The van der Waals surface area contributed by atoms with Gasteiger partial charge in [-0.3, -0.25) is 4.98 Å². The summed E-state index contributed by atoms with van der Waals surface area (Å²) in [5, 5.41) is 0. The first-order chi connectivity index (χ1) is 10.2. The average molecular weight is 382 g/mol. The van der Waals surface area contributed by atoms with Crippen molar-refractivity contribution < 1.29 is 4.42 Å². The fraction of sp³-hybridized carbons (Fsp3) is 0.267. The van der Waals surface area contributed by atoms with Gasteiger partial charge in [-0.15, -0.1) is 11.3 Å². The van der Waals surface area contributed by atoms with Gasteiger partial charge in [0.15, 0.2) is 5.58 Å². The molecule has 3 aromatic rings. The molecule has 3 heterocycles. The second-order valence-electron chi connectivity index (χ2n) is 5.03. The van der Waals surface area contributed by atoms with E-state index in [0.29, 0.717) is 5.58 Å². The van der Waals surface area contributed by atoms with Crippen LogP contribution in [0.4, 0.5) is 0 Å². The summed E-state index contributed by atoms with van der Waals surface area (Å²) < 4.78 is 5.14. The normalized spacial score (nSPS) is 16.0. The van der Waals surface area contributed by atoms with Crippen LogP contribution in [0.25, 0.3) is 11.1 Å². The highest BCUT2D eigenvalue weighted by atomic mass is 79.9. The molecule has 1 aliphatic heterocycles. The number of hydrogen-bond acceptors (Lipinski definition) is 4. The number of H-pyrrole nitrogens is 1. The molecule has 1 atom stereocenters. The van der Waals surface area contributed by atoms with Gasteiger partial charge < -0.3 is 4.42 Å². The number of thiophene rings is 1.